The Morgan fingerprint density at radius 1 is 1.17 bits per heavy atom. The second-order valence-corrected chi connectivity index (χ2v) is 7.91. The van der Waals surface area contributed by atoms with Crippen LogP contribution in [-0.2, 0) is 10.5 Å². The first-order chi connectivity index (χ1) is 14.1. The predicted octanol–water partition coefficient (Wildman–Crippen LogP) is 4.03. The molecule has 0 spiro atoms. The zero-order chi connectivity index (χ0) is 20.2. The van der Waals surface area contributed by atoms with Crippen molar-refractivity contribution < 1.29 is 13.9 Å². The summed E-state index contributed by atoms with van der Waals surface area (Å²) in [6.07, 6.45) is 0.433. The van der Waals surface area contributed by atoms with E-state index < -0.39 is 0 Å². The van der Waals surface area contributed by atoms with Crippen LogP contribution in [0.2, 0.25) is 0 Å². The number of rotatable bonds is 6. The molecule has 29 heavy (non-hydrogen) atoms. The molecule has 150 valence electrons. The van der Waals surface area contributed by atoms with Crippen LogP contribution < -0.4 is 15.4 Å². The molecule has 7 heteroatoms. The highest BCUT2D eigenvalue weighted by Gasteiger charge is 2.27. The van der Waals surface area contributed by atoms with E-state index in [9.17, 15) is 4.79 Å². The lowest BCUT2D eigenvalue weighted by atomic mass is 10.0. The number of methoxy groups -OCH3 is 1. The molecule has 1 fully saturated rings. The fraction of sp³-hybridized carbons (Fsp3) is 0.273. The number of oxazole rings is 1. The molecule has 3 aromatic rings. The number of carbonyl (C=O) groups excluding carboxylic acids is 1. The number of aromatic nitrogens is 1. The van der Waals surface area contributed by atoms with E-state index in [4.69, 9.17) is 9.15 Å². The van der Waals surface area contributed by atoms with Crippen molar-refractivity contribution in [3.8, 4) is 17.2 Å². The van der Waals surface area contributed by atoms with Crippen LogP contribution in [0.5, 0.6) is 5.75 Å². The van der Waals surface area contributed by atoms with Crippen molar-refractivity contribution in [3.63, 3.8) is 0 Å². The second kappa shape index (κ2) is 8.71. The molecule has 1 aliphatic rings. The highest BCUT2D eigenvalue weighted by atomic mass is 32.2. The molecule has 1 amide bonds. The van der Waals surface area contributed by atoms with Gasteiger partial charge in [0.1, 0.15) is 17.0 Å². The Kier molecular flexibility index (Phi) is 5.87. The highest BCUT2D eigenvalue weighted by Crippen LogP contribution is 2.32. The number of para-hydroxylation sites is 1. The molecule has 1 aliphatic heterocycles. The average molecular weight is 410 g/mol. The molecule has 6 nitrogen and oxygen atoms in total. The van der Waals surface area contributed by atoms with Crippen molar-refractivity contribution >= 4 is 17.7 Å². The first kappa shape index (κ1) is 19.5. The van der Waals surface area contributed by atoms with Gasteiger partial charge in [0.05, 0.1) is 18.4 Å². The minimum atomic E-state index is -0.188. The van der Waals surface area contributed by atoms with E-state index in [-0.39, 0.29) is 17.4 Å². The quantitative estimate of drug-likeness (QED) is 0.640. The summed E-state index contributed by atoms with van der Waals surface area (Å²) < 4.78 is 11.3. The van der Waals surface area contributed by atoms with Crippen LogP contribution in [0.1, 0.15) is 29.5 Å². The summed E-state index contributed by atoms with van der Waals surface area (Å²) in [4.78, 5) is 16.8. The van der Waals surface area contributed by atoms with E-state index in [0.29, 0.717) is 18.1 Å². The van der Waals surface area contributed by atoms with Gasteiger partial charge in [0.2, 0.25) is 11.8 Å². The Morgan fingerprint density at radius 2 is 1.93 bits per heavy atom. The molecule has 2 heterocycles. The second-order valence-electron chi connectivity index (χ2n) is 6.81. The predicted molar refractivity (Wildman–Crippen MR) is 113 cm³/mol. The third-order valence-electron chi connectivity index (χ3n) is 4.85. The number of nitrogens with zero attached hydrogens (tertiary/aromatic N) is 1. The number of amides is 1. The summed E-state index contributed by atoms with van der Waals surface area (Å²) in [6, 6.07) is 17.7. The smallest absolute Gasteiger partial charge is 0.230 e. The molecule has 1 aromatic heterocycles. The SMILES string of the molecule is COc1ccccc1-c1nc(CSC2NC(=O)CC(c3ccccc3)N2)c(C)o1. The minimum absolute atomic E-state index is 0.00463. The standard InChI is InChI=1S/C22H23N3O3S/c1-14-18(23-21(28-14)16-10-6-7-11-19(16)27-2)13-29-22-24-17(12-20(26)25-22)15-8-4-3-5-9-15/h3-11,17,22,24H,12-13H2,1-2H3,(H,25,26). The molecule has 2 aromatic carbocycles. The Bertz CT molecular complexity index is 990. The Labute approximate surface area is 174 Å². The van der Waals surface area contributed by atoms with Crippen molar-refractivity contribution in [2.24, 2.45) is 0 Å². The molecule has 0 saturated carbocycles. The van der Waals surface area contributed by atoms with E-state index in [2.05, 4.69) is 15.6 Å². The molecule has 0 bridgehead atoms. The number of aryl methyl sites for hydroxylation is 1. The van der Waals surface area contributed by atoms with Crippen LogP contribution in [0.4, 0.5) is 0 Å². The maximum Gasteiger partial charge on any atom is 0.230 e. The zero-order valence-electron chi connectivity index (χ0n) is 16.3. The van der Waals surface area contributed by atoms with Crippen molar-refractivity contribution in [1.82, 2.24) is 15.6 Å². The fourth-order valence-corrected chi connectivity index (χ4v) is 4.39. The number of benzene rings is 2. The summed E-state index contributed by atoms with van der Waals surface area (Å²) >= 11 is 1.59. The van der Waals surface area contributed by atoms with Gasteiger partial charge in [-0.1, -0.05) is 42.5 Å². The van der Waals surface area contributed by atoms with Gasteiger partial charge in [-0.05, 0) is 24.6 Å². The molecule has 0 radical (unpaired) electrons. The summed E-state index contributed by atoms with van der Waals surface area (Å²) in [5, 5.41) is 6.50. The van der Waals surface area contributed by atoms with E-state index in [0.717, 1.165) is 28.3 Å². The van der Waals surface area contributed by atoms with Gasteiger partial charge < -0.3 is 14.5 Å². The average Bonchev–Trinajstić information content (AvgIpc) is 3.13. The van der Waals surface area contributed by atoms with Crippen LogP contribution in [0.15, 0.2) is 59.0 Å². The van der Waals surface area contributed by atoms with Gasteiger partial charge in [-0.3, -0.25) is 10.1 Å². The van der Waals surface area contributed by atoms with Gasteiger partial charge in [-0.15, -0.1) is 11.8 Å². The third kappa shape index (κ3) is 4.46. The Morgan fingerprint density at radius 3 is 2.72 bits per heavy atom. The monoisotopic (exact) mass is 409 g/mol. The third-order valence-corrected chi connectivity index (χ3v) is 5.88. The lowest BCUT2D eigenvalue weighted by molar-refractivity contribution is -0.123. The fourth-order valence-electron chi connectivity index (χ4n) is 3.32. The largest absolute Gasteiger partial charge is 0.496 e. The summed E-state index contributed by atoms with van der Waals surface area (Å²) in [5.41, 5.74) is 2.60. The van der Waals surface area contributed by atoms with Gasteiger partial charge in [-0.25, -0.2) is 4.98 Å². The van der Waals surface area contributed by atoms with Gasteiger partial charge >= 0.3 is 0 Å². The van der Waals surface area contributed by atoms with Gasteiger partial charge in [-0.2, -0.15) is 0 Å². The van der Waals surface area contributed by atoms with Crippen LogP contribution in [0, 0.1) is 6.92 Å². The van der Waals surface area contributed by atoms with Gasteiger partial charge in [0.15, 0.2) is 0 Å². The number of hydrogen-bond acceptors (Lipinski definition) is 6. The van der Waals surface area contributed by atoms with Gasteiger partial charge in [0, 0.05) is 18.2 Å². The molecule has 4 rings (SSSR count). The number of nitrogens with one attached hydrogen (secondary N) is 2. The maximum absolute atomic E-state index is 12.2. The van der Waals surface area contributed by atoms with Crippen molar-refractivity contribution in [2.75, 3.05) is 7.11 Å². The van der Waals surface area contributed by atoms with Gasteiger partial charge in [0.25, 0.3) is 0 Å². The Balaban J connectivity index is 1.45. The molecule has 2 N–H and O–H groups in total. The highest BCUT2D eigenvalue weighted by molar-refractivity contribution is 7.99. The van der Waals surface area contributed by atoms with Crippen molar-refractivity contribution in [1.29, 1.82) is 0 Å². The lowest BCUT2D eigenvalue weighted by Crippen LogP contribution is -2.50. The van der Waals surface area contributed by atoms with E-state index in [1.807, 2.05) is 61.5 Å². The molecular formula is C22H23N3O3S. The molecular weight excluding hydrogens is 386 g/mol. The normalized spacial score (nSPS) is 19.0. The van der Waals surface area contributed by atoms with E-state index in [1.54, 1.807) is 18.9 Å². The first-order valence-corrected chi connectivity index (χ1v) is 10.5. The van der Waals surface area contributed by atoms with Crippen molar-refractivity contribution in [2.45, 2.75) is 30.6 Å². The maximum atomic E-state index is 12.2. The van der Waals surface area contributed by atoms with Crippen LogP contribution in [-0.4, -0.2) is 23.5 Å². The number of carbonyl (C=O) groups is 1. The molecule has 2 atom stereocenters. The minimum Gasteiger partial charge on any atom is -0.496 e. The van der Waals surface area contributed by atoms with Crippen LogP contribution in [0.25, 0.3) is 11.5 Å². The lowest BCUT2D eigenvalue weighted by Gasteiger charge is -2.31. The number of ether oxygens (including phenoxy) is 1. The van der Waals surface area contributed by atoms with Crippen LogP contribution in [0.3, 0.4) is 0 Å². The Hall–Kier alpha value is -2.77. The zero-order valence-corrected chi connectivity index (χ0v) is 17.2. The van der Waals surface area contributed by atoms with Crippen molar-refractivity contribution in [3.05, 3.63) is 71.6 Å². The number of thioether (sulfide) groups is 1. The van der Waals surface area contributed by atoms with Crippen LogP contribution >= 0.6 is 11.8 Å². The molecule has 0 aliphatic carbocycles. The molecule has 1 saturated heterocycles. The summed E-state index contributed by atoms with van der Waals surface area (Å²) in [5.74, 6) is 2.68. The topological polar surface area (TPSA) is 76.4 Å². The molecule has 2 unspecified atom stereocenters. The first-order valence-electron chi connectivity index (χ1n) is 9.45. The summed E-state index contributed by atoms with van der Waals surface area (Å²) in [6.45, 7) is 1.90. The van der Waals surface area contributed by atoms with E-state index in [1.165, 1.54) is 0 Å². The van der Waals surface area contributed by atoms with E-state index >= 15 is 0 Å². The summed E-state index contributed by atoms with van der Waals surface area (Å²) in [7, 11) is 1.63. The number of hydrogen-bond donors (Lipinski definition) is 2.